The molecule has 2 aromatic rings. The first-order valence-electron chi connectivity index (χ1n) is 5.59. The number of hydrogen-bond acceptors (Lipinski definition) is 1. The largest absolute Gasteiger partial charge is 0.264 e. The van der Waals surface area contributed by atoms with Gasteiger partial charge in [0.15, 0.2) is 0 Å². The highest BCUT2D eigenvalue weighted by Crippen LogP contribution is 2.27. The number of aryl methyl sites for hydroxylation is 1. The molecule has 0 N–H and O–H groups in total. The lowest BCUT2D eigenvalue weighted by molar-refractivity contribution is 1.28. The first-order chi connectivity index (χ1) is 7.61. The number of benzene rings is 1. The van der Waals surface area contributed by atoms with Gasteiger partial charge in [-0.1, -0.05) is 17.6 Å². The molecule has 0 bridgehead atoms. The second-order valence-electron chi connectivity index (χ2n) is 4.38. The van der Waals surface area contributed by atoms with Crippen LogP contribution in [0, 0.1) is 20.8 Å². The third-order valence-electron chi connectivity index (χ3n) is 3.32. The van der Waals surface area contributed by atoms with E-state index in [1.807, 2.05) is 18.5 Å². The van der Waals surface area contributed by atoms with E-state index in [0.717, 1.165) is 0 Å². The number of pyridine rings is 1. The van der Waals surface area contributed by atoms with E-state index in [-0.39, 0.29) is 0 Å². The summed E-state index contributed by atoms with van der Waals surface area (Å²) < 4.78 is 0. The molecule has 1 heterocycles. The summed E-state index contributed by atoms with van der Waals surface area (Å²) in [5.41, 5.74) is 7.96. The van der Waals surface area contributed by atoms with Crippen molar-refractivity contribution < 1.29 is 0 Å². The molecular formula is C14H16BN. The van der Waals surface area contributed by atoms with Crippen molar-refractivity contribution in [3.05, 3.63) is 47.3 Å². The van der Waals surface area contributed by atoms with Crippen molar-refractivity contribution in [2.24, 2.45) is 0 Å². The molecule has 2 rings (SSSR count). The summed E-state index contributed by atoms with van der Waals surface area (Å²) in [5.74, 6) is 0. The van der Waals surface area contributed by atoms with Crippen LogP contribution in [0.4, 0.5) is 0 Å². The van der Waals surface area contributed by atoms with Crippen LogP contribution >= 0.6 is 0 Å². The predicted octanol–water partition coefficient (Wildman–Crippen LogP) is 1.93. The molecule has 0 radical (unpaired) electrons. The van der Waals surface area contributed by atoms with Gasteiger partial charge < -0.3 is 0 Å². The maximum atomic E-state index is 4.20. The minimum Gasteiger partial charge on any atom is -0.264 e. The Balaban J connectivity index is 2.74. The van der Waals surface area contributed by atoms with Crippen molar-refractivity contribution >= 4 is 13.3 Å². The molecule has 1 aromatic heterocycles. The van der Waals surface area contributed by atoms with Gasteiger partial charge in [0.2, 0.25) is 0 Å². The monoisotopic (exact) mass is 209 g/mol. The van der Waals surface area contributed by atoms with Crippen LogP contribution in [0.3, 0.4) is 0 Å². The highest BCUT2D eigenvalue weighted by atomic mass is 14.6. The second-order valence-corrected chi connectivity index (χ2v) is 4.38. The normalized spacial score (nSPS) is 10.4. The third kappa shape index (κ3) is 1.76. The van der Waals surface area contributed by atoms with Crippen LogP contribution < -0.4 is 5.46 Å². The van der Waals surface area contributed by atoms with Gasteiger partial charge in [0, 0.05) is 18.0 Å². The molecule has 0 fully saturated rings. The molecule has 0 spiro atoms. The topological polar surface area (TPSA) is 12.9 Å². The third-order valence-corrected chi connectivity index (χ3v) is 3.32. The van der Waals surface area contributed by atoms with Crippen molar-refractivity contribution in [1.82, 2.24) is 4.98 Å². The van der Waals surface area contributed by atoms with E-state index in [1.54, 1.807) is 0 Å². The fourth-order valence-corrected chi connectivity index (χ4v) is 2.16. The van der Waals surface area contributed by atoms with Crippen molar-refractivity contribution in [1.29, 1.82) is 0 Å². The average Bonchev–Trinajstić information content (AvgIpc) is 2.28. The predicted molar refractivity (Wildman–Crippen MR) is 72.1 cm³/mol. The summed E-state index contributed by atoms with van der Waals surface area (Å²) in [5, 5.41) is 0. The zero-order valence-electron chi connectivity index (χ0n) is 10.3. The minimum atomic E-state index is 1.21. The van der Waals surface area contributed by atoms with Crippen molar-refractivity contribution in [3.8, 4) is 11.1 Å². The first kappa shape index (κ1) is 10.9. The summed E-state index contributed by atoms with van der Waals surface area (Å²) in [6.45, 7) is 6.54. The molecule has 0 aliphatic carbocycles. The smallest absolute Gasteiger partial charge is 0.139 e. The average molecular weight is 209 g/mol. The molecule has 0 amide bonds. The standard InChI is InChI=1S/C14H16BN/c1-9-7-13(15)11(3)14(10(9)2)12-5-4-6-16-8-12/h4-8H,15H2,1-3H3. The highest BCUT2D eigenvalue weighted by Gasteiger charge is 2.09. The second kappa shape index (κ2) is 4.13. The lowest BCUT2D eigenvalue weighted by Crippen LogP contribution is -2.11. The summed E-state index contributed by atoms with van der Waals surface area (Å²) in [6.07, 6.45) is 3.75. The van der Waals surface area contributed by atoms with E-state index in [0.29, 0.717) is 0 Å². The van der Waals surface area contributed by atoms with Crippen LogP contribution in [0.25, 0.3) is 11.1 Å². The van der Waals surface area contributed by atoms with E-state index < -0.39 is 0 Å². The van der Waals surface area contributed by atoms with E-state index in [2.05, 4.69) is 45.7 Å². The fourth-order valence-electron chi connectivity index (χ4n) is 2.16. The minimum absolute atomic E-state index is 1.21. The Kier molecular flexibility index (Phi) is 2.82. The van der Waals surface area contributed by atoms with Crippen LogP contribution in [0.1, 0.15) is 16.7 Å². The van der Waals surface area contributed by atoms with Gasteiger partial charge in [0.1, 0.15) is 7.85 Å². The Bertz CT molecular complexity index is 492. The first-order valence-corrected chi connectivity index (χ1v) is 5.59. The van der Waals surface area contributed by atoms with Gasteiger partial charge >= 0.3 is 0 Å². The Hall–Kier alpha value is -1.57. The van der Waals surface area contributed by atoms with Gasteiger partial charge in [-0.25, -0.2) is 0 Å². The lowest BCUT2D eigenvalue weighted by Gasteiger charge is -2.15. The number of nitrogens with zero attached hydrogens (tertiary/aromatic N) is 1. The Labute approximate surface area is 98.0 Å². The molecule has 0 saturated carbocycles. The van der Waals surface area contributed by atoms with E-state index >= 15 is 0 Å². The van der Waals surface area contributed by atoms with Gasteiger partial charge in [0.05, 0.1) is 0 Å². The zero-order valence-corrected chi connectivity index (χ0v) is 10.3. The number of hydrogen-bond donors (Lipinski definition) is 0. The molecule has 0 aliphatic heterocycles. The number of aromatic nitrogens is 1. The number of rotatable bonds is 1. The van der Waals surface area contributed by atoms with E-state index in [1.165, 1.54) is 33.3 Å². The van der Waals surface area contributed by atoms with Crippen molar-refractivity contribution in [2.45, 2.75) is 20.8 Å². The van der Waals surface area contributed by atoms with Gasteiger partial charge in [0.25, 0.3) is 0 Å². The summed E-state index contributed by atoms with van der Waals surface area (Å²) in [4.78, 5) is 4.20. The van der Waals surface area contributed by atoms with E-state index in [9.17, 15) is 0 Å². The highest BCUT2D eigenvalue weighted by molar-refractivity contribution is 6.34. The molecule has 0 atom stereocenters. The molecule has 1 aromatic carbocycles. The summed E-state index contributed by atoms with van der Waals surface area (Å²) in [7, 11) is 2.17. The molecular weight excluding hydrogens is 193 g/mol. The molecule has 80 valence electrons. The van der Waals surface area contributed by atoms with Gasteiger partial charge in [-0.05, 0) is 49.1 Å². The van der Waals surface area contributed by atoms with Crippen LogP contribution in [0.15, 0.2) is 30.6 Å². The van der Waals surface area contributed by atoms with Gasteiger partial charge in [-0.2, -0.15) is 0 Å². The SMILES string of the molecule is Bc1cc(C)c(C)c(-c2cccnc2)c1C. The van der Waals surface area contributed by atoms with Crippen LogP contribution in [-0.2, 0) is 0 Å². The van der Waals surface area contributed by atoms with Crippen LogP contribution in [0.5, 0.6) is 0 Å². The van der Waals surface area contributed by atoms with Crippen LogP contribution in [-0.4, -0.2) is 12.8 Å². The molecule has 2 heteroatoms. The molecule has 0 unspecified atom stereocenters. The Morgan fingerprint density at radius 3 is 2.50 bits per heavy atom. The maximum Gasteiger partial charge on any atom is 0.139 e. The molecule has 1 nitrogen and oxygen atoms in total. The maximum absolute atomic E-state index is 4.20. The van der Waals surface area contributed by atoms with Gasteiger partial charge in [-0.3, -0.25) is 4.98 Å². The molecule has 0 saturated heterocycles. The Morgan fingerprint density at radius 2 is 1.88 bits per heavy atom. The summed E-state index contributed by atoms with van der Waals surface area (Å²) >= 11 is 0. The zero-order chi connectivity index (χ0) is 11.7. The van der Waals surface area contributed by atoms with Crippen molar-refractivity contribution in [2.75, 3.05) is 0 Å². The van der Waals surface area contributed by atoms with E-state index in [4.69, 9.17) is 0 Å². The van der Waals surface area contributed by atoms with Crippen LogP contribution in [0.2, 0.25) is 0 Å². The Morgan fingerprint density at radius 1 is 1.12 bits per heavy atom. The van der Waals surface area contributed by atoms with Crippen molar-refractivity contribution in [3.63, 3.8) is 0 Å². The summed E-state index contributed by atoms with van der Waals surface area (Å²) in [6, 6.07) is 6.37. The molecule has 16 heavy (non-hydrogen) atoms. The lowest BCUT2D eigenvalue weighted by atomic mass is 9.82. The fraction of sp³-hybridized carbons (Fsp3) is 0.214. The van der Waals surface area contributed by atoms with Gasteiger partial charge in [-0.15, -0.1) is 0 Å². The molecule has 0 aliphatic rings. The quantitative estimate of drug-likeness (QED) is 0.654.